The van der Waals surface area contributed by atoms with Crippen LogP contribution in [0.3, 0.4) is 0 Å². The zero-order valence-electron chi connectivity index (χ0n) is 24.3. The topological polar surface area (TPSA) is 3.24 Å². The summed E-state index contributed by atoms with van der Waals surface area (Å²) in [5, 5.41) is 15.0. The summed E-state index contributed by atoms with van der Waals surface area (Å²) in [6.07, 6.45) is 0. The third-order valence-corrected chi connectivity index (χ3v) is 8.49. The predicted octanol–water partition coefficient (Wildman–Crippen LogP) is 12.6. The van der Waals surface area contributed by atoms with Gasteiger partial charge in [0.2, 0.25) is 0 Å². The first-order valence-electron chi connectivity index (χ1n) is 14.9. The Kier molecular flexibility index (Phi) is 7.99. The maximum absolute atomic E-state index is 2.25. The number of hydrogen-bond donors (Lipinski definition) is 0. The number of anilines is 3. The standard InChI is InChI=1S/C20H12.C18H15N.C4H4S/c1-5-13-6-2-11-17-18-12-4-8-14-7-3-10-16(20(14)18)15(9-1)19(13)17;1-4-10-16(11-5-1)19(17-12-6-2-7-13-17)18-14-8-3-9-15-18;1-2-4-5-3-1/h1-12H;1-15H;1-4H. The summed E-state index contributed by atoms with van der Waals surface area (Å²) < 4.78 is 0. The Morgan fingerprint density at radius 1 is 0.295 bits per heavy atom. The molecule has 0 amide bonds. The van der Waals surface area contributed by atoms with Gasteiger partial charge in [-0.2, -0.15) is 11.3 Å². The van der Waals surface area contributed by atoms with Crippen LogP contribution in [0.1, 0.15) is 0 Å². The number of thiophene rings is 1. The molecule has 9 rings (SSSR count). The van der Waals surface area contributed by atoms with E-state index in [1.807, 2.05) is 41.1 Å². The van der Waals surface area contributed by atoms with Gasteiger partial charge in [0.25, 0.3) is 0 Å². The molecule has 0 spiro atoms. The Hall–Kier alpha value is -5.44. The third kappa shape index (κ3) is 5.51. The van der Waals surface area contributed by atoms with E-state index < -0.39 is 0 Å². The Labute approximate surface area is 262 Å². The molecule has 0 aliphatic heterocycles. The molecule has 0 aliphatic carbocycles. The Bertz CT molecular complexity index is 1930. The molecule has 0 saturated carbocycles. The largest absolute Gasteiger partial charge is 0.311 e. The third-order valence-electron chi connectivity index (χ3n) is 7.86. The lowest BCUT2D eigenvalue weighted by Crippen LogP contribution is -2.09. The lowest BCUT2D eigenvalue weighted by Gasteiger charge is -2.25. The van der Waals surface area contributed by atoms with Gasteiger partial charge >= 0.3 is 0 Å². The van der Waals surface area contributed by atoms with Gasteiger partial charge in [-0.3, -0.25) is 0 Å². The average Bonchev–Trinajstić information content (AvgIpc) is 3.70. The number of benzene rings is 8. The number of fused-ring (bicyclic) bond motifs is 2. The van der Waals surface area contributed by atoms with Crippen molar-refractivity contribution in [3.8, 4) is 0 Å². The predicted molar refractivity (Wildman–Crippen MR) is 193 cm³/mol. The van der Waals surface area contributed by atoms with Crippen molar-refractivity contribution in [3.05, 3.63) is 187 Å². The highest BCUT2D eigenvalue weighted by Crippen LogP contribution is 2.39. The van der Waals surface area contributed by atoms with Gasteiger partial charge in [0, 0.05) is 17.1 Å². The van der Waals surface area contributed by atoms with Gasteiger partial charge in [-0.25, -0.2) is 0 Å². The Morgan fingerprint density at radius 2 is 0.614 bits per heavy atom. The van der Waals surface area contributed by atoms with E-state index in [4.69, 9.17) is 0 Å². The van der Waals surface area contributed by atoms with Crippen molar-refractivity contribution in [1.82, 2.24) is 0 Å². The van der Waals surface area contributed by atoms with Crippen LogP contribution in [0.4, 0.5) is 17.1 Å². The van der Waals surface area contributed by atoms with Crippen molar-refractivity contribution < 1.29 is 0 Å². The molecule has 1 nitrogen and oxygen atoms in total. The second-order valence-electron chi connectivity index (χ2n) is 10.6. The highest BCUT2D eigenvalue weighted by atomic mass is 32.1. The van der Waals surface area contributed by atoms with Gasteiger partial charge in [0.1, 0.15) is 0 Å². The van der Waals surface area contributed by atoms with Crippen molar-refractivity contribution in [1.29, 1.82) is 0 Å². The summed E-state index contributed by atoms with van der Waals surface area (Å²) in [7, 11) is 0. The van der Waals surface area contributed by atoms with E-state index in [1.165, 1.54) is 60.2 Å². The zero-order valence-corrected chi connectivity index (χ0v) is 25.1. The summed E-state index contributed by atoms with van der Waals surface area (Å²) in [5.74, 6) is 0. The molecule has 0 atom stereocenters. The van der Waals surface area contributed by atoms with E-state index in [0.717, 1.165) is 0 Å². The zero-order chi connectivity index (χ0) is 29.6. The maximum atomic E-state index is 2.25. The van der Waals surface area contributed by atoms with Crippen LogP contribution < -0.4 is 4.90 Å². The molecule has 0 unspecified atom stereocenters. The lowest BCUT2D eigenvalue weighted by atomic mass is 9.90. The maximum Gasteiger partial charge on any atom is 0.0461 e. The minimum Gasteiger partial charge on any atom is -0.311 e. The summed E-state index contributed by atoms with van der Waals surface area (Å²) in [6.45, 7) is 0. The molecular formula is C42H31NS. The van der Waals surface area contributed by atoms with E-state index in [1.54, 1.807) is 11.3 Å². The number of rotatable bonds is 3. The minimum absolute atomic E-state index is 1.17. The highest BCUT2D eigenvalue weighted by molar-refractivity contribution is 7.07. The van der Waals surface area contributed by atoms with Crippen molar-refractivity contribution >= 4 is 71.5 Å². The van der Waals surface area contributed by atoms with Crippen LogP contribution in [0, 0.1) is 0 Å². The van der Waals surface area contributed by atoms with Crippen molar-refractivity contribution in [3.63, 3.8) is 0 Å². The van der Waals surface area contributed by atoms with Crippen molar-refractivity contribution in [2.45, 2.75) is 0 Å². The van der Waals surface area contributed by atoms with Crippen LogP contribution in [0.15, 0.2) is 187 Å². The lowest BCUT2D eigenvalue weighted by molar-refractivity contribution is 1.28. The van der Waals surface area contributed by atoms with E-state index in [2.05, 4.69) is 150 Å². The van der Waals surface area contributed by atoms with Crippen LogP contribution in [-0.2, 0) is 0 Å². The fraction of sp³-hybridized carbons (Fsp3) is 0. The molecule has 9 aromatic rings. The molecule has 0 bridgehead atoms. The average molecular weight is 582 g/mol. The normalized spacial score (nSPS) is 10.7. The minimum atomic E-state index is 1.17. The summed E-state index contributed by atoms with van der Waals surface area (Å²) in [5.41, 5.74) is 3.50. The first-order chi connectivity index (χ1) is 21.9. The Balaban J connectivity index is 0.000000123. The molecule has 44 heavy (non-hydrogen) atoms. The molecule has 1 heterocycles. The highest BCUT2D eigenvalue weighted by Gasteiger charge is 2.12. The SMILES string of the molecule is c1cc2cccc3c4cccc5cccc(c(c1)c23)c54.c1ccc(N(c2ccccc2)c2ccccc2)cc1.c1ccsc1. The molecule has 2 heteroatoms. The van der Waals surface area contributed by atoms with Crippen LogP contribution in [0.2, 0.25) is 0 Å². The fourth-order valence-electron chi connectivity index (χ4n) is 5.98. The van der Waals surface area contributed by atoms with E-state index >= 15 is 0 Å². The van der Waals surface area contributed by atoms with E-state index in [-0.39, 0.29) is 0 Å². The molecule has 8 aromatic carbocycles. The summed E-state index contributed by atoms with van der Waals surface area (Å²) in [4.78, 5) is 2.25. The van der Waals surface area contributed by atoms with Crippen LogP contribution in [0.5, 0.6) is 0 Å². The van der Waals surface area contributed by atoms with Gasteiger partial charge in [-0.15, -0.1) is 0 Å². The molecule has 210 valence electrons. The number of nitrogens with zero attached hydrogens (tertiary/aromatic N) is 1. The molecule has 0 saturated heterocycles. The first kappa shape index (κ1) is 27.4. The molecule has 0 fully saturated rings. The van der Waals surface area contributed by atoms with Gasteiger partial charge in [-0.05, 0) is 90.2 Å². The van der Waals surface area contributed by atoms with Crippen molar-refractivity contribution in [2.24, 2.45) is 0 Å². The van der Waals surface area contributed by atoms with Crippen LogP contribution in [0.25, 0.3) is 43.1 Å². The smallest absolute Gasteiger partial charge is 0.0461 e. The molecule has 0 radical (unpaired) electrons. The molecule has 0 aliphatic rings. The molecule has 0 N–H and O–H groups in total. The number of para-hydroxylation sites is 3. The van der Waals surface area contributed by atoms with Gasteiger partial charge < -0.3 is 4.90 Å². The van der Waals surface area contributed by atoms with Gasteiger partial charge in [0.05, 0.1) is 0 Å². The molecule has 1 aromatic heterocycles. The van der Waals surface area contributed by atoms with E-state index in [9.17, 15) is 0 Å². The Morgan fingerprint density at radius 3 is 0.886 bits per heavy atom. The second-order valence-corrected chi connectivity index (χ2v) is 11.4. The van der Waals surface area contributed by atoms with Crippen molar-refractivity contribution in [2.75, 3.05) is 4.90 Å². The van der Waals surface area contributed by atoms with Crippen LogP contribution in [-0.4, -0.2) is 0 Å². The summed E-state index contributed by atoms with van der Waals surface area (Å²) >= 11 is 1.71. The van der Waals surface area contributed by atoms with Crippen LogP contribution >= 0.6 is 11.3 Å². The van der Waals surface area contributed by atoms with E-state index in [0.29, 0.717) is 0 Å². The van der Waals surface area contributed by atoms with Gasteiger partial charge in [-0.1, -0.05) is 140 Å². The molecular weight excluding hydrogens is 551 g/mol. The number of hydrogen-bond acceptors (Lipinski definition) is 2. The monoisotopic (exact) mass is 581 g/mol. The quantitative estimate of drug-likeness (QED) is 0.148. The fourth-order valence-corrected chi connectivity index (χ4v) is 6.44. The van der Waals surface area contributed by atoms with Gasteiger partial charge in [0.15, 0.2) is 0 Å². The second kappa shape index (κ2) is 12.8. The first-order valence-corrected chi connectivity index (χ1v) is 15.8. The summed E-state index contributed by atoms with van der Waals surface area (Å²) in [6, 6.07) is 61.7.